The van der Waals surface area contributed by atoms with E-state index < -0.39 is 0 Å². The van der Waals surface area contributed by atoms with E-state index in [1.165, 1.54) is 0 Å². The second kappa shape index (κ2) is 9.83. The lowest BCUT2D eigenvalue weighted by molar-refractivity contribution is 0.0665. The van der Waals surface area contributed by atoms with Crippen molar-refractivity contribution in [3.05, 3.63) is 0 Å². The standard InChI is InChI=1S/C13H30N2O2/c1-5-16-9-7-15(8-10-17-6-2)12-13(3,4)11-14/h5-12,14H2,1-4H3. The van der Waals surface area contributed by atoms with Crippen LogP contribution in [0, 0.1) is 5.41 Å². The van der Waals surface area contributed by atoms with Crippen molar-refractivity contribution in [1.82, 2.24) is 4.90 Å². The molecular weight excluding hydrogens is 216 g/mol. The van der Waals surface area contributed by atoms with Gasteiger partial charge >= 0.3 is 0 Å². The summed E-state index contributed by atoms with van der Waals surface area (Å²) in [6.07, 6.45) is 0. The maximum atomic E-state index is 5.78. The van der Waals surface area contributed by atoms with Gasteiger partial charge < -0.3 is 15.2 Å². The molecule has 4 nitrogen and oxygen atoms in total. The minimum atomic E-state index is 0.151. The fourth-order valence-electron chi connectivity index (χ4n) is 1.62. The molecule has 0 heterocycles. The van der Waals surface area contributed by atoms with Crippen LogP contribution in [0.15, 0.2) is 0 Å². The van der Waals surface area contributed by atoms with Crippen LogP contribution in [0.2, 0.25) is 0 Å². The fraction of sp³-hybridized carbons (Fsp3) is 1.00. The SMILES string of the molecule is CCOCCN(CCOCC)CC(C)(C)CN. The Bertz CT molecular complexity index is 165. The Hall–Kier alpha value is -0.160. The van der Waals surface area contributed by atoms with E-state index in [-0.39, 0.29) is 5.41 Å². The molecule has 4 heteroatoms. The molecule has 0 saturated heterocycles. The Morgan fingerprint density at radius 2 is 1.47 bits per heavy atom. The zero-order chi connectivity index (χ0) is 13.1. The Morgan fingerprint density at radius 3 is 1.82 bits per heavy atom. The van der Waals surface area contributed by atoms with Crippen LogP contribution < -0.4 is 5.73 Å². The Kier molecular flexibility index (Phi) is 9.74. The van der Waals surface area contributed by atoms with Crippen molar-refractivity contribution >= 4 is 0 Å². The van der Waals surface area contributed by atoms with Crippen LogP contribution in [0.1, 0.15) is 27.7 Å². The quantitative estimate of drug-likeness (QED) is 0.559. The number of nitrogens with zero attached hydrogens (tertiary/aromatic N) is 1. The molecule has 0 aromatic heterocycles. The molecule has 0 radical (unpaired) electrons. The van der Waals surface area contributed by atoms with E-state index in [9.17, 15) is 0 Å². The molecule has 0 aromatic carbocycles. The molecule has 104 valence electrons. The summed E-state index contributed by atoms with van der Waals surface area (Å²) < 4.78 is 10.8. The van der Waals surface area contributed by atoms with Crippen LogP contribution >= 0.6 is 0 Å². The molecule has 0 unspecified atom stereocenters. The van der Waals surface area contributed by atoms with Crippen molar-refractivity contribution in [3.8, 4) is 0 Å². The zero-order valence-electron chi connectivity index (χ0n) is 12.0. The van der Waals surface area contributed by atoms with Gasteiger partial charge in [-0.2, -0.15) is 0 Å². The molecule has 0 bridgehead atoms. The molecule has 0 fully saturated rings. The number of hydrogen-bond acceptors (Lipinski definition) is 4. The molecule has 0 aliphatic heterocycles. The molecule has 0 spiro atoms. The van der Waals surface area contributed by atoms with Crippen molar-refractivity contribution in [2.45, 2.75) is 27.7 Å². The average molecular weight is 246 g/mol. The topological polar surface area (TPSA) is 47.7 Å². The summed E-state index contributed by atoms with van der Waals surface area (Å²) in [5.74, 6) is 0. The van der Waals surface area contributed by atoms with E-state index >= 15 is 0 Å². The third-order valence-corrected chi connectivity index (χ3v) is 2.72. The summed E-state index contributed by atoms with van der Waals surface area (Å²) in [5.41, 5.74) is 5.93. The summed E-state index contributed by atoms with van der Waals surface area (Å²) >= 11 is 0. The number of hydrogen-bond donors (Lipinski definition) is 1. The molecule has 0 aromatic rings. The Balaban J connectivity index is 4.00. The van der Waals surface area contributed by atoms with Crippen molar-refractivity contribution in [2.24, 2.45) is 11.1 Å². The highest BCUT2D eigenvalue weighted by Gasteiger charge is 2.19. The smallest absolute Gasteiger partial charge is 0.0593 e. The first-order valence-corrected chi connectivity index (χ1v) is 6.63. The van der Waals surface area contributed by atoms with Gasteiger partial charge in [0, 0.05) is 32.8 Å². The molecule has 0 aliphatic carbocycles. The molecule has 0 amide bonds. The predicted octanol–water partition coefficient (Wildman–Crippen LogP) is 1.35. The number of rotatable bonds is 11. The minimum absolute atomic E-state index is 0.151. The molecule has 2 N–H and O–H groups in total. The van der Waals surface area contributed by atoms with E-state index in [4.69, 9.17) is 15.2 Å². The maximum absolute atomic E-state index is 5.78. The normalized spacial score (nSPS) is 12.4. The van der Waals surface area contributed by atoms with Gasteiger partial charge in [0.05, 0.1) is 13.2 Å². The molecule has 0 rings (SSSR count). The van der Waals surface area contributed by atoms with Gasteiger partial charge in [0.25, 0.3) is 0 Å². The first-order chi connectivity index (χ1) is 8.05. The van der Waals surface area contributed by atoms with E-state index in [0.29, 0.717) is 6.54 Å². The lowest BCUT2D eigenvalue weighted by Gasteiger charge is -2.31. The summed E-state index contributed by atoms with van der Waals surface area (Å²) in [6.45, 7) is 15.1. The molecule has 0 aliphatic rings. The van der Waals surface area contributed by atoms with Gasteiger partial charge in [-0.1, -0.05) is 13.8 Å². The van der Waals surface area contributed by atoms with Gasteiger partial charge in [-0.15, -0.1) is 0 Å². The Labute approximate surface area is 106 Å². The first-order valence-electron chi connectivity index (χ1n) is 6.63. The van der Waals surface area contributed by atoms with Crippen molar-refractivity contribution in [3.63, 3.8) is 0 Å². The molecular formula is C13H30N2O2. The van der Waals surface area contributed by atoms with Gasteiger partial charge in [0.1, 0.15) is 0 Å². The van der Waals surface area contributed by atoms with Crippen molar-refractivity contribution in [2.75, 3.05) is 52.6 Å². The van der Waals surface area contributed by atoms with Crippen LogP contribution in [-0.2, 0) is 9.47 Å². The van der Waals surface area contributed by atoms with Gasteiger partial charge in [-0.05, 0) is 25.8 Å². The van der Waals surface area contributed by atoms with Crippen LogP contribution in [0.4, 0.5) is 0 Å². The van der Waals surface area contributed by atoms with Crippen LogP contribution in [-0.4, -0.2) is 57.5 Å². The third kappa shape index (κ3) is 9.53. The van der Waals surface area contributed by atoms with E-state index in [1.807, 2.05) is 13.8 Å². The van der Waals surface area contributed by atoms with Gasteiger partial charge in [-0.3, -0.25) is 4.90 Å². The van der Waals surface area contributed by atoms with E-state index in [0.717, 1.165) is 46.1 Å². The van der Waals surface area contributed by atoms with Gasteiger partial charge in [-0.25, -0.2) is 0 Å². The summed E-state index contributed by atoms with van der Waals surface area (Å²) in [4.78, 5) is 2.37. The Morgan fingerprint density at radius 1 is 1.00 bits per heavy atom. The van der Waals surface area contributed by atoms with Crippen LogP contribution in [0.25, 0.3) is 0 Å². The number of nitrogens with two attached hydrogens (primary N) is 1. The highest BCUT2D eigenvalue weighted by Crippen LogP contribution is 2.14. The maximum Gasteiger partial charge on any atom is 0.0593 e. The van der Waals surface area contributed by atoms with Crippen LogP contribution in [0.3, 0.4) is 0 Å². The summed E-state index contributed by atoms with van der Waals surface area (Å²) in [7, 11) is 0. The highest BCUT2D eigenvalue weighted by molar-refractivity contribution is 4.74. The second-order valence-electron chi connectivity index (χ2n) is 5.04. The first kappa shape index (κ1) is 16.8. The summed E-state index contributed by atoms with van der Waals surface area (Å²) in [5, 5.41) is 0. The van der Waals surface area contributed by atoms with Gasteiger partial charge in [0.15, 0.2) is 0 Å². The largest absolute Gasteiger partial charge is 0.380 e. The number of ether oxygens (including phenoxy) is 2. The van der Waals surface area contributed by atoms with E-state index in [2.05, 4.69) is 18.7 Å². The average Bonchev–Trinajstić information content (AvgIpc) is 2.29. The molecule has 0 saturated carbocycles. The van der Waals surface area contributed by atoms with E-state index in [1.54, 1.807) is 0 Å². The highest BCUT2D eigenvalue weighted by atomic mass is 16.5. The third-order valence-electron chi connectivity index (χ3n) is 2.72. The molecule has 0 atom stereocenters. The molecule has 17 heavy (non-hydrogen) atoms. The zero-order valence-corrected chi connectivity index (χ0v) is 12.0. The lowest BCUT2D eigenvalue weighted by Crippen LogP contribution is -2.41. The second-order valence-corrected chi connectivity index (χ2v) is 5.04. The van der Waals surface area contributed by atoms with Crippen molar-refractivity contribution in [1.29, 1.82) is 0 Å². The van der Waals surface area contributed by atoms with Gasteiger partial charge in [0.2, 0.25) is 0 Å². The summed E-state index contributed by atoms with van der Waals surface area (Å²) in [6, 6.07) is 0. The monoisotopic (exact) mass is 246 g/mol. The predicted molar refractivity (Wildman–Crippen MR) is 72.3 cm³/mol. The van der Waals surface area contributed by atoms with Crippen LogP contribution in [0.5, 0.6) is 0 Å². The lowest BCUT2D eigenvalue weighted by atomic mass is 9.93. The minimum Gasteiger partial charge on any atom is -0.380 e. The fourth-order valence-corrected chi connectivity index (χ4v) is 1.62. The van der Waals surface area contributed by atoms with Crippen molar-refractivity contribution < 1.29 is 9.47 Å².